The molecule has 0 saturated heterocycles. The van der Waals surface area contributed by atoms with E-state index in [4.69, 9.17) is 9.47 Å². The molecule has 0 N–H and O–H groups in total. The molecule has 0 rings (SSSR count). The third-order valence-electron chi connectivity index (χ3n) is 3.62. The summed E-state index contributed by atoms with van der Waals surface area (Å²) in [5, 5.41) is 0. The minimum absolute atomic E-state index is 0.139. The van der Waals surface area contributed by atoms with Crippen LogP contribution in [0.15, 0.2) is 12.2 Å². The molecule has 0 bridgehead atoms. The highest BCUT2D eigenvalue weighted by Crippen LogP contribution is 2.21. The summed E-state index contributed by atoms with van der Waals surface area (Å²) in [5.41, 5.74) is -0.467. The van der Waals surface area contributed by atoms with E-state index in [1.165, 1.54) is 0 Å². The molecule has 0 fully saturated rings. The van der Waals surface area contributed by atoms with Crippen LogP contribution in [0.25, 0.3) is 0 Å². The van der Waals surface area contributed by atoms with E-state index in [0.717, 1.165) is 32.1 Å². The van der Waals surface area contributed by atoms with Gasteiger partial charge in [-0.25, -0.2) is 4.79 Å². The number of rotatable bonds is 10. The molecule has 22 heavy (non-hydrogen) atoms. The highest BCUT2D eigenvalue weighted by Gasteiger charge is 2.23. The van der Waals surface area contributed by atoms with Crippen molar-refractivity contribution in [3.63, 3.8) is 0 Å². The first-order valence-electron chi connectivity index (χ1n) is 8.10. The molecule has 0 aliphatic carbocycles. The number of carbonyl (C=O) groups excluding carboxylic acids is 2. The zero-order chi connectivity index (χ0) is 17.4. The second-order valence-corrected chi connectivity index (χ2v) is 7.08. The van der Waals surface area contributed by atoms with Crippen LogP contribution in [-0.2, 0) is 19.1 Å². The highest BCUT2D eigenvalue weighted by molar-refractivity contribution is 5.87. The molecule has 0 saturated carbocycles. The molecule has 0 heterocycles. The van der Waals surface area contributed by atoms with Gasteiger partial charge in [-0.15, -0.1) is 0 Å². The Morgan fingerprint density at radius 2 is 1.55 bits per heavy atom. The Balaban J connectivity index is 3.91. The standard InChI is InChI=1S/C18H32O4/c1-8-17(4,5)21-15(19)12-10-9-11-13-18(6,7)22-16(20)14(2)3/h2,8-13H2,1,3-7H3. The van der Waals surface area contributed by atoms with Crippen molar-refractivity contribution in [2.24, 2.45) is 0 Å². The molecule has 0 atom stereocenters. The number of carbonyl (C=O) groups is 2. The van der Waals surface area contributed by atoms with Crippen molar-refractivity contribution in [3.8, 4) is 0 Å². The van der Waals surface area contributed by atoms with Crippen molar-refractivity contribution in [2.45, 2.75) is 91.3 Å². The summed E-state index contributed by atoms with van der Waals surface area (Å²) in [6.07, 6.45) is 4.62. The fourth-order valence-electron chi connectivity index (χ4n) is 1.82. The van der Waals surface area contributed by atoms with E-state index in [9.17, 15) is 9.59 Å². The normalized spacial score (nSPS) is 11.9. The molecule has 0 amide bonds. The maximum atomic E-state index is 11.7. The average molecular weight is 312 g/mol. The van der Waals surface area contributed by atoms with Crippen LogP contribution in [0.1, 0.15) is 80.1 Å². The molecule has 128 valence electrons. The van der Waals surface area contributed by atoms with Gasteiger partial charge in [-0.2, -0.15) is 0 Å². The van der Waals surface area contributed by atoms with E-state index in [1.54, 1.807) is 6.92 Å². The van der Waals surface area contributed by atoms with Crippen molar-refractivity contribution in [2.75, 3.05) is 0 Å². The molecule has 0 aliphatic rings. The van der Waals surface area contributed by atoms with Gasteiger partial charge in [0.2, 0.25) is 0 Å². The van der Waals surface area contributed by atoms with Crippen LogP contribution >= 0.6 is 0 Å². The lowest BCUT2D eigenvalue weighted by Gasteiger charge is -2.25. The SMILES string of the molecule is C=C(C)C(=O)OC(C)(C)CCCCCC(=O)OC(C)(C)CC. The van der Waals surface area contributed by atoms with E-state index >= 15 is 0 Å². The molecule has 0 radical (unpaired) electrons. The lowest BCUT2D eigenvalue weighted by atomic mass is 9.99. The largest absolute Gasteiger partial charge is 0.460 e. The third-order valence-corrected chi connectivity index (χ3v) is 3.62. The van der Waals surface area contributed by atoms with Crippen LogP contribution in [0.5, 0.6) is 0 Å². The van der Waals surface area contributed by atoms with Crippen LogP contribution in [-0.4, -0.2) is 23.1 Å². The Bertz CT molecular complexity index is 394. The summed E-state index contributed by atoms with van der Waals surface area (Å²) in [6.45, 7) is 14.9. The van der Waals surface area contributed by atoms with Crippen LogP contribution in [0.4, 0.5) is 0 Å². The van der Waals surface area contributed by atoms with Gasteiger partial charge in [-0.1, -0.05) is 19.9 Å². The Hall–Kier alpha value is -1.32. The second-order valence-electron chi connectivity index (χ2n) is 7.08. The van der Waals surface area contributed by atoms with Gasteiger partial charge in [0, 0.05) is 12.0 Å². The predicted octanol–water partition coefficient (Wildman–Crippen LogP) is 4.57. The summed E-state index contributed by atoms with van der Waals surface area (Å²) < 4.78 is 10.8. The van der Waals surface area contributed by atoms with Gasteiger partial charge in [-0.05, 0) is 60.3 Å². The Labute approximate surface area is 135 Å². The van der Waals surface area contributed by atoms with E-state index in [0.29, 0.717) is 12.0 Å². The van der Waals surface area contributed by atoms with Crippen molar-refractivity contribution >= 4 is 11.9 Å². The van der Waals surface area contributed by atoms with Gasteiger partial charge >= 0.3 is 11.9 Å². The zero-order valence-corrected chi connectivity index (χ0v) is 15.1. The zero-order valence-electron chi connectivity index (χ0n) is 15.1. The molecule has 0 aromatic heterocycles. The monoisotopic (exact) mass is 312 g/mol. The van der Waals surface area contributed by atoms with Gasteiger partial charge in [0.15, 0.2) is 0 Å². The summed E-state index contributed by atoms with van der Waals surface area (Å²) in [5.74, 6) is -0.491. The molecule has 0 aromatic rings. The smallest absolute Gasteiger partial charge is 0.333 e. The van der Waals surface area contributed by atoms with Crippen LogP contribution in [0.3, 0.4) is 0 Å². The molecule has 4 nitrogen and oxygen atoms in total. The van der Waals surface area contributed by atoms with Crippen LogP contribution < -0.4 is 0 Å². The second kappa shape index (κ2) is 8.96. The van der Waals surface area contributed by atoms with E-state index in [-0.39, 0.29) is 17.5 Å². The van der Waals surface area contributed by atoms with Crippen molar-refractivity contribution in [1.82, 2.24) is 0 Å². The number of unbranched alkanes of at least 4 members (excludes halogenated alkanes) is 2. The Morgan fingerprint density at radius 1 is 0.955 bits per heavy atom. The van der Waals surface area contributed by atoms with Gasteiger partial charge in [0.25, 0.3) is 0 Å². The minimum atomic E-state index is -0.499. The number of esters is 2. The van der Waals surface area contributed by atoms with Crippen LogP contribution in [0, 0.1) is 0 Å². The predicted molar refractivity (Wildman–Crippen MR) is 88.5 cm³/mol. The maximum absolute atomic E-state index is 11.7. The lowest BCUT2D eigenvalue weighted by molar-refractivity contribution is -0.156. The fraction of sp³-hybridized carbons (Fsp3) is 0.778. The Kier molecular flexibility index (Phi) is 8.43. The summed E-state index contributed by atoms with van der Waals surface area (Å²) in [6, 6.07) is 0. The van der Waals surface area contributed by atoms with Crippen LogP contribution in [0.2, 0.25) is 0 Å². The summed E-state index contributed by atoms with van der Waals surface area (Å²) in [7, 11) is 0. The molecular weight excluding hydrogens is 280 g/mol. The van der Waals surface area contributed by atoms with E-state index in [2.05, 4.69) is 6.58 Å². The fourth-order valence-corrected chi connectivity index (χ4v) is 1.82. The Morgan fingerprint density at radius 3 is 2.05 bits per heavy atom. The molecule has 4 heteroatoms. The molecule has 0 spiro atoms. The quantitative estimate of drug-likeness (QED) is 0.337. The van der Waals surface area contributed by atoms with E-state index < -0.39 is 5.60 Å². The molecule has 0 aliphatic heterocycles. The average Bonchev–Trinajstić information content (AvgIpc) is 2.36. The minimum Gasteiger partial charge on any atom is -0.460 e. The van der Waals surface area contributed by atoms with Crippen molar-refractivity contribution < 1.29 is 19.1 Å². The first kappa shape index (κ1) is 20.7. The van der Waals surface area contributed by atoms with Gasteiger partial charge < -0.3 is 9.47 Å². The van der Waals surface area contributed by atoms with Crippen molar-refractivity contribution in [1.29, 1.82) is 0 Å². The number of ether oxygens (including phenoxy) is 2. The third kappa shape index (κ3) is 9.59. The van der Waals surface area contributed by atoms with Gasteiger partial charge in [0.05, 0.1) is 0 Å². The van der Waals surface area contributed by atoms with Gasteiger partial charge in [0.1, 0.15) is 11.2 Å². The molecule has 0 unspecified atom stereocenters. The highest BCUT2D eigenvalue weighted by atomic mass is 16.6. The topological polar surface area (TPSA) is 52.6 Å². The lowest BCUT2D eigenvalue weighted by Crippen LogP contribution is -2.28. The summed E-state index contributed by atoms with van der Waals surface area (Å²) in [4.78, 5) is 23.2. The first-order valence-corrected chi connectivity index (χ1v) is 8.10. The molecular formula is C18H32O4. The number of hydrogen-bond donors (Lipinski definition) is 0. The van der Waals surface area contributed by atoms with Crippen molar-refractivity contribution in [3.05, 3.63) is 12.2 Å². The van der Waals surface area contributed by atoms with Gasteiger partial charge in [-0.3, -0.25) is 4.79 Å². The number of hydrogen-bond acceptors (Lipinski definition) is 4. The molecule has 0 aromatic carbocycles. The van der Waals surface area contributed by atoms with E-state index in [1.807, 2.05) is 34.6 Å². The maximum Gasteiger partial charge on any atom is 0.333 e. The summed E-state index contributed by atoms with van der Waals surface area (Å²) >= 11 is 0. The first-order chi connectivity index (χ1) is 9.99.